The first kappa shape index (κ1) is 13.2. The molecule has 0 aliphatic carbocycles. The van der Waals surface area contributed by atoms with Gasteiger partial charge in [-0.25, -0.2) is 0 Å². The molecule has 1 saturated heterocycles. The maximum absolute atomic E-state index is 6.29. The van der Waals surface area contributed by atoms with Crippen LogP contribution >= 0.6 is 0 Å². The minimum absolute atomic E-state index is 0.0284. The third kappa shape index (κ3) is 2.19. The van der Waals surface area contributed by atoms with Crippen LogP contribution in [0.2, 0.25) is 0 Å². The van der Waals surface area contributed by atoms with Crippen molar-refractivity contribution in [2.24, 2.45) is 5.73 Å². The molecule has 1 aromatic carbocycles. The van der Waals surface area contributed by atoms with E-state index < -0.39 is 0 Å². The van der Waals surface area contributed by atoms with Crippen molar-refractivity contribution in [3.63, 3.8) is 0 Å². The van der Waals surface area contributed by atoms with Gasteiger partial charge in [0.15, 0.2) is 0 Å². The van der Waals surface area contributed by atoms with Crippen molar-refractivity contribution in [2.75, 3.05) is 18.6 Å². The van der Waals surface area contributed by atoms with Crippen molar-refractivity contribution in [1.29, 1.82) is 0 Å². The fourth-order valence-corrected chi connectivity index (χ4v) is 2.75. The van der Waals surface area contributed by atoms with Crippen LogP contribution in [0, 0.1) is 6.92 Å². The van der Waals surface area contributed by atoms with Gasteiger partial charge in [0.2, 0.25) is 0 Å². The summed E-state index contributed by atoms with van der Waals surface area (Å²) in [6, 6.07) is 6.52. The Hall–Kier alpha value is -1.22. The Morgan fingerprint density at radius 3 is 2.78 bits per heavy atom. The normalized spacial score (nSPS) is 22.9. The predicted molar refractivity (Wildman–Crippen MR) is 76.4 cm³/mol. The zero-order valence-corrected chi connectivity index (χ0v) is 11.9. The summed E-state index contributed by atoms with van der Waals surface area (Å²) in [5, 5.41) is 0. The molecular weight excluding hydrogens is 224 g/mol. The minimum Gasteiger partial charge on any atom is -0.495 e. The standard InChI is InChI=1S/C15H24N2O/c1-11-7-8-13(18-4)12(10-11)17-9-5-6-14(16)15(17,2)3/h7-8,10,14H,5-6,9,16H2,1-4H3. The van der Waals surface area contributed by atoms with E-state index >= 15 is 0 Å². The molecule has 1 aliphatic rings. The summed E-state index contributed by atoms with van der Waals surface area (Å²) in [6.45, 7) is 7.59. The number of nitrogens with two attached hydrogens (primary N) is 1. The highest BCUT2D eigenvalue weighted by atomic mass is 16.5. The Labute approximate surface area is 110 Å². The first-order valence-corrected chi connectivity index (χ1v) is 6.64. The first-order valence-electron chi connectivity index (χ1n) is 6.64. The van der Waals surface area contributed by atoms with Gasteiger partial charge < -0.3 is 15.4 Å². The Balaban J connectivity index is 2.43. The van der Waals surface area contributed by atoms with Gasteiger partial charge in [-0.15, -0.1) is 0 Å². The van der Waals surface area contributed by atoms with Crippen LogP contribution in [0.1, 0.15) is 32.3 Å². The smallest absolute Gasteiger partial charge is 0.142 e. The molecule has 1 aromatic rings. The van der Waals surface area contributed by atoms with Gasteiger partial charge in [-0.05, 0) is 51.3 Å². The van der Waals surface area contributed by atoms with Gasteiger partial charge in [-0.2, -0.15) is 0 Å². The summed E-state index contributed by atoms with van der Waals surface area (Å²) in [5.41, 5.74) is 8.67. The maximum atomic E-state index is 6.29. The third-order valence-corrected chi connectivity index (χ3v) is 4.13. The fourth-order valence-electron chi connectivity index (χ4n) is 2.75. The average molecular weight is 248 g/mol. The number of aryl methyl sites for hydroxylation is 1. The molecule has 0 saturated carbocycles. The number of rotatable bonds is 2. The van der Waals surface area contributed by atoms with Crippen molar-refractivity contribution in [3.8, 4) is 5.75 Å². The number of ether oxygens (including phenoxy) is 1. The van der Waals surface area contributed by atoms with Gasteiger partial charge in [-0.3, -0.25) is 0 Å². The molecule has 1 heterocycles. The molecule has 3 heteroatoms. The Bertz CT molecular complexity index is 429. The van der Waals surface area contributed by atoms with E-state index in [-0.39, 0.29) is 11.6 Å². The quantitative estimate of drug-likeness (QED) is 0.874. The van der Waals surface area contributed by atoms with Gasteiger partial charge in [0, 0.05) is 18.1 Å². The monoisotopic (exact) mass is 248 g/mol. The molecule has 1 atom stereocenters. The van der Waals surface area contributed by atoms with Crippen LogP contribution in [-0.4, -0.2) is 25.2 Å². The largest absolute Gasteiger partial charge is 0.495 e. The summed E-state index contributed by atoms with van der Waals surface area (Å²) in [4.78, 5) is 2.40. The van der Waals surface area contributed by atoms with E-state index in [2.05, 4.69) is 37.8 Å². The van der Waals surface area contributed by atoms with Crippen LogP contribution in [0.5, 0.6) is 5.75 Å². The highest BCUT2D eigenvalue weighted by molar-refractivity contribution is 5.62. The van der Waals surface area contributed by atoms with Crippen molar-refractivity contribution in [3.05, 3.63) is 23.8 Å². The number of anilines is 1. The number of benzene rings is 1. The summed E-state index contributed by atoms with van der Waals surface area (Å²) < 4.78 is 5.50. The minimum atomic E-state index is -0.0284. The van der Waals surface area contributed by atoms with E-state index in [1.807, 2.05) is 6.07 Å². The number of hydrogen-bond acceptors (Lipinski definition) is 3. The Morgan fingerprint density at radius 2 is 2.11 bits per heavy atom. The lowest BCUT2D eigenvalue weighted by atomic mass is 9.85. The number of hydrogen-bond donors (Lipinski definition) is 1. The van der Waals surface area contributed by atoms with Crippen LogP contribution in [0.3, 0.4) is 0 Å². The van der Waals surface area contributed by atoms with Crippen molar-refractivity contribution < 1.29 is 4.74 Å². The molecule has 0 radical (unpaired) electrons. The lowest BCUT2D eigenvalue weighted by molar-refractivity contribution is 0.305. The molecule has 1 fully saturated rings. The highest BCUT2D eigenvalue weighted by Gasteiger charge is 2.37. The zero-order valence-electron chi connectivity index (χ0n) is 11.9. The Kier molecular flexibility index (Phi) is 3.53. The molecular formula is C15H24N2O. The van der Waals surface area contributed by atoms with Crippen LogP contribution in [0.4, 0.5) is 5.69 Å². The molecule has 100 valence electrons. The number of nitrogens with zero attached hydrogens (tertiary/aromatic N) is 1. The number of methoxy groups -OCH3 is 1. The SMILES string of the molecule is COc1ccc(C)cc1N1CCCC(N)C1(C)C. The van der Waals surface area contributed by atoms with Crippen molar-refractivity contribution in [1.82, 2.24) is 0 Å². The van der Waals surface area contributed by atoms with E-state index in [4.69, 9.17) is 10.5 Å². The predicted octanol–water partition coefficient (Wildman–Crippen LogP) is 2.71. The summed E-state index contributed by atoms with van der Waals surface area (Å²) in [7, 11) is 1.73. The van der Waals surface area contributed by atoms with Crippen LogP contribution in [0.15, 0.2) is 18.2 Å². The van der Waals surface area contributed by atoms with Crippen LogP contribution in [-0.2, 0) is 0 Å². The fraction of sp³-hybridized carbons (Fsp3) is 0.600. The second-order valence-corrected chi connectivity index (χ2v) is 5.73. The molecule has 1 aliphatic heterocycles. The van der Waals surface area contributed by atoms with E-state index in [9.17, 15) is 0 Å². The van der Waals surface area contributed by atoms with Gasteiger partial charge in [-0.1, -0.05) is 6.07 Å². The van der Waals surface area contributed by atoms with Gasteiger partial charge in [0.05, 0.1) is 12.8 Å². The molecule has 0 spiro atoms. The topological polar surface area (TPSA) is 38.5 Å². The lowest BCUT2D eigenvalue weighted by Gasteiger charge is -2.48. The van der Waals surface area contributed by atoms with Gasteiger partial charge in [0.1, 0.15) is 5.75 Å². The number of piperidine rings is 1. The highest BCUT2D eigenvalue weighted by Crippen LogP contribution is 2.37. The molecule has 0 amide bonds. The second-order valence-electron chi connectivity index (χ2n) is 5.73. The van der Waals surface area contributed by atoms with E-state index in [1.54, 1.807) is 7.11 Å². The Morgan fingerprint density at radius 1 is 1.39 bits per heavy atom. The van der Waals surface area contributed by atoms with E-state index in [0.29, 0.717) is 0 Å². The molecule has 0 aromatic heterocycles. The van der Waals surface area contributed by atoms with Gasteiger partial charge >= 0.3 is 0 Å². The molecule has 3 nitrogen and oxygen atoms in total. The van der Waals surface area contributed by atoms with Crippen molar-refractivity contribution >= 4 is 5.69 Å². The van der Waals surface area contributed by atoms with Crippen molar-refractivity contribution in [2.45, 2.75) is 45.2 Å². The summed E-state index contributed by atoms with van der Waals surface area (Å²) >= 11 is 0. The van der Waals surface area contributed by atoms with Gasteiger partial charge in [0.25, 0.3) is 0 Å². The summed E-state index contributed by atoms with van der Waals surface area (Å²) in [5.74, 6) is 0.933. The third-order valence-electron chi connectivity index (χ3n) is 4.13. The first-order chi connectivity index (χ1) is 8.46. The molecule has 1 unspecified atom stereocenters. The molecule has 18 heavy (non-hydrogen) atoms. The van der Waals surface area contributed by atoms with Crippen LogP contribution < -0.4 is 15.4 Å². The van der Waals surface area contributed by atoms with E-state index in [0.717, 1.165) is 30.8 Å². The van der Waals surface area contributed by atoms with E-state index in [1.165, 1.54) is 5.56 Å². The molecule has 0 bridgehead atoms. The molecule has 2 N–H and O–H groups in total. The maximum Gasteiger partial charge on any atom is 0.142 e. The zero-order chi connectivity index (χ0) is 13.3. The second kappa shape index (κ2) is 4.81. The average Bonchev–Trinajstić information content (AvgIpc) is 2.32. The lowest BCUT2D eigenvalue weighted by Crippen LogP contribution is -2.59. The summed E-state index contributed by atoms with van der Waals surface area (Å²) in [6.07, 6.45) is 2.24. The van der Waals surface area contributed by atoms with Crippen LogP contribution in [0.25, 0.3) is 0 Å². The molecule has 2 rings (SSSR count).